The van der Waals surface area contributed by atoms with Crippen molar-refractivity contribution < 1.29 is 0 Å². The van der Waals surface area contributed by atoms with E-state index in [0.717, 1.165) is 12.8 Å². The lowest BCUT2D eigenvalue weighted by Crippen LogP contribution is -2.35. The zero-order valence-corrected chi connectivity index (χ0v) is 15.2. The predicted molar refractivity (Wildman–Crippen MR) is 102 cm³/mol. The molecule has 0 amide bonds. The van der Waals surface area contributed by atoms with Crippen LogP contribution in [0.3, 0.4) is 0 Å². The maximum Gasteiger partial charge on any atom is 0.123 e. The van der Waals surface area contributed by atoms with Gasteiger partial charge < -0.3 is 0 Å². The van der Waals surface area contributed by atoms with Gasteiger partial charge in [-0.1, -0.05) is 84.1 Å². The van der Waals surface area contributed by atoms with E-state index in [1.807, 2.05) is 6.08 Å². The first-order valence-corrected chi connectivity index (χ1v) is 10.3. The number of hydrogen-bond donors (Lipinski definition) is 0. The van der Waals surface area contributed by atoms with E-state index in [1.165, 1.54) is 24.8 Å². The van der Waals surface area contributed by atoms with E-state index >= 15 is 0 Å². The lowest BCUT2D eigenvalue weighted by atomic mass is 10.1. The SMILES string of the molecule is C=CCc1cccc([SiH](C2=CC=CCC2)/C(=C/CC)CC)c1. The highest BCUT2D eigenvalue weighted by Gasteiger charge is 2.22. The summed E-state index contributed by atoms with van der Waals surface area (Å²) in [5, 5.41) is 4.96. The summed E-state index contributed by atoms with van der Waals surface area (Å²) in [5.41, 5.74) is 1.39. The molecule has 0 saturated heterocycles. The van der Waals surface area contributed by atoms with Crippen LogP contribution in [0.5, 0.6) is 0 Å². The molecule has 1 atom stereocenters. The molecule has 0 spiro atoms. The average Bonchev–Trinajstić information content (AvgIpc) is 2.56. The Balaban J connectivity index is 2.45. The molecule has 1 aromatic rings. The van der Waals surface area contributed by atoms with Gasteiger partial charge in [0, 0.05) is 0 Å². The summed E-state index contributed by atoms with van der Waals surface area (Å²) in [4.78, 5) is 0. The number of allylic oxidation sites excluding steroid dienone is 7. The first kappa shape index (κ1) is 16.8. The van der Waals surface area contributed by atoms with Gasteiger partial charge in [0.2, 0.25) is 0 Å². The third-order valence-electron chi connectivity index (χ3n) is 4.33. The van der Waals surface area contributed by atoms with Gasteiger partial charge in [-0.3, -0.25) is 0 Å². The first-order valence-electron chi connectivity index (χ1n) is 8.54. The van der Waals surface area contributed by atoms with Gasteiger partial charge >= 0.3 is 0 Å². The third kappa shape index (κ3) is 4.20. The van der Waals surface area contributed by atoms with Crippen LogP contribution in [-0.2, 0) is 6.42 Å². The molecule has 0 N–H and O–H groups in total. The second-order valence-corrected chi connectivity index (χ2v) is 8.94. The van der Waals surface area contributed by atoms with Gasteiger partial charge in [0.05, 0.1) is 0 Å². The minimum absolute atomic E-state index is 0.965. The largest absolute Gasteiger partial charge is 0.123 e. The molecule has 1 heteroatoms. The van der Waals surface area contributed by atoms with Crippen LogP contribution in [0.15, 0.2) is 71.6 Å². The van der Waals surface area contributed by atoms with E-state index in [-0.39, 0.29) is 0 Å². The van der Waals surface area contributed by atoms with E-state index in [4.69, 9.17) is 0 Å². The zero-order chi connectivity index (χ0) is 15.8. The van der Waals surface area contributed by atoms with Gasteiger partial charge in [-0.25, -0.2) is 0 Å². The molecule has 22 heavy (non-hydrogen) atoms. The molecule has 0 aromatic heterocycles. The first-order chi connectivity index (χ1) is 10.8. The van der Waals surface area contributed by atoms with E-state index in [2.05, 4.69) is 69.0 Å². The fourth-order valence-corrected chi connectivity index (χ4v) is 6.98. The van der Waals surface area contributed by atoms with Crippen molar-refractivity contribution in [2.24, 2.45) is 0 Å². The lowest BCUT2D eigenvalue weighted by Gasteiger charge is -2.24. The highest BCUT2D eigenvalue weighted by Crippen LogP contribution is 2.22. The molecule has 0 radical (unpaired) electrons. The molecule has 1 aliphatic rings. The van der Waals surface area contributed by atoms with Crippen LogP contribution in [0, 0.1) is 0 Å². The van der Waals surface area contributed by atoms with Crippen LogP contribution >= 0.6 is 0 Å². The van der Waals surface area contributed by atoms with E-state index in [9.17, 15) is 0 Å². The molecule has 0 bridgehead atoms. The third-order valence-corrected chi connectivity index (χ3v) is 7.96. The van der Waals surface area contributed by atoms with Crippen molar-refractivity contribution in [2.75, 3.05) is 0 Å². The zero-order valence-electron chi connectivity index (χ0n) is 14.0. The topological polar surface area (TPSA) is 0 Å². The van der Waals surface area contributed by atoms with E-state index in [1.54, 1.807) is 15.6 Å². The molecule has 0 fully saturated rings. The normalized spacial score (nSPS) is 16.3. The Kier molecular flexibility index (Phi) is 6.66. The Morgan fingerprint density at radius 3 is 2.82 bits per heavy atom. The summed E-state index contributed by atoms with van der Waals surface area (Å²) < 4.78 is 0. The standard InChI is InChI=1S/C21H28Si/c1-4-11-18-13-10-16-21(17-18)22(19(6-3)12-5-2)20-14-8-7-9-15-20/h4,7-8,10,12-14,16-17,22H,1,5-6,9,11,15H2,2-3H3/b19-12+. The van der Waals surface area contributed by atoms with Crippen molar-refractivity contribution in [3.05, 3.63) is 77.2 Å². The summed E-state index contributed by atoms with van der Waals surface area (Å²) in [6.07, 6.45) is 17.1. The Hall–Kier alpha value is -1.60. The number of rotatable bonds is 7. The molecule has 116 valence electrons. The Bertz CT molecular complexity index is 590. The number of benzene rings is 1. The van der Waals surface area contributed by atoms with Crippen LogP contribution in [0.1, 0.15) is 45.1 Å². The Morgan fingerprint density at radius 2 is 2.18 bits per heavy atom. The Morgan fingerprint density at radius 1 is 1.32 bits per heavy atom. The molecule has 2 rings (SSSR count). The predicted octanol–water partition coefficient (Wildman–Crippen LogP) is 4.95. The summed E-state index contributed by atoms with van der Waals surface area (Å²) in [6, 6.07) is 9.23. The monoisotopic (exact) mass is 308 g/mol. The highest BCUT2D eigenvalue weighted by atomic mass is 28.3. The van der Waals surface area contributed by atoms with Crippen LogP contribution in [0.2, 0.25) is 0 Å². The van der Waals surface area contributed by atoms with Gasteiger partial charge in [0.15, 0.2) is 0 Å². The average molecular weight is 309 g/mol. The van der Waals surface area contributed by atoms with Crippen molar-refractivity contribution in [1.82, 2.24) is 0 Å². The quantitative estimate of drug-likeness (QED) is 0.494. The van der Waals surface area contributed by atoms with E-state index < -0.39 is 8.80 Å². The summed E-state index contributed by atoms with van der Waals surface area (Å²) in [6.45, 7) is 8.45. The highest BCUT2D eigenvalue weighted by molar-refractivity contribution is 6.85. The van der Waals surface area contributed by atoms with Crippen LogP contribution in [0.25, 0.3) is 0 Å². The van der Waals surface area contributed by atoms with Gasteiger partial charge in [-0.15, -0.1) is 6.58 Å². The van der Waals surface area contributed by atoms with E-state index in [0.29, 0.717) is 0 Å². The van der Waals surface area contributed by atoms with Crippen molar-refractivity contribution in [3.63, 3.8) is 0 Å². The molecule has 1 aromatic carbocycles. The van der Waals surface area contributed by atoms with Gasteiger partial charge in [-0.05, 0) is 37.7 Å². The molecule has 0 heterocycles. The molecule has 0 nitrogen and oxygen atoms in total. The van der Waals surface area contributed by atoms with Gasteiger partial charge in [-0.2, -0.15) is 0 Å². The van der Waals surface area contributed by atoms with Gasteiger partial charge in [0.1, 0.15) is 8.80 Å². The molecule has 1 unspecified atom stereocenters. The van der Waals surface area contributed by atoms with Crippen LogP contribution < -0.4 is 5.19 Å². The van der Waals surface area contributed by atoms with Crippen LogP contribution in [0.4, 0.5) is 0 Å². The second kappa shape index (κ2) is 8.75. The Labute approximate surface area is 137 Å². The fourth-order valence-electron chi connectivity index (χ4n) is 3.32. The summed E-state index contributed by atoms with van der Waals surface area (Å²) in [7, 11) is -1.22. The maximum atomic E-state index is 3.88. The molecule has 0 aliphatic heterocycles. The van der Waals surface area contributed by atoms with Gasteiger partial charge in [0.25, 0.3) is 0 Å². The smallest absolute Gasteiger partial charge is 0.103 e. The molecule has 1 aliphatic carbocycles. The summed E-state index contributed by atoms with van der Waals surface area (Å²) >= 11 is 0. The van der Waals surface area contributed by atoms with Crippen molar-refractivity contribution in [1.29, 1.82) is 0 Å². The molecular weight excluding hydrogens is 280 g/mol. The minimum Gasteiger partial charge on any atom is -0.103 e. The van der Waals surface area contributed by atoms with Crippen molar-refractivity contribution in [2.45, 2.75) is 46.0 Å². The summed E-state index contributed by atoms with van der Waals surface area (Å²) in [5.74, 6) is 0. The second-order valence-electron chi connectivity index (χ2n) is 5.92. The maximum absolute atomic E-state index is 3.88. The molecule has 0 saturated carbocycles. The van der Waals surface area contributed by atoms with Crippen molar-refractivity contribution in [3.8, 4) is 0 Å². The lowest BCUT2D eigenvalue weighted by molar-refractivity contribution is 1.01. The van der Waals surface area contributed by atoms with Crippen molar-refractivity contribution >= 4 is 14.0 Å². The van der Waals surface area contributed by atoms with Crippen LogP contribution in [-0.4, -0.2) is 8.80 Å². The minimum atomic E-state index is -1.22. The fraction of sp³-hybridized carbons (Fsp3) is 0.333. The number of hydrogen-bond acceptors (Lipinski definition) is 0. The molecular formula is C21H28Si.